The lowest BCUT2D eigenvalue weighted by molar-refractivity contribution is -0.142. The number of nitrogens with zero attached hydrogens (tertiary/aromatic N) is 1. The van der Waals surface area contributed by atoms with Crippen molar-refractivity contribution < 1.29 is 28.0 Å². The van der Waals surface area contributed by atoms with Gasteiger partial charge in [0.2, 0.25) is 0 Å². The van der Waals surface area contributed by atoms with Gasteiger partial charge in [-0.2, -0.15) is 0 Å². The summed E-state index contributed by atoms with van der Waals surface area (Å²) in [5, 5.41) is 6.78. The first-order chi connectivity index (χ1) is 18.3. The second-order valence-electron chi connectivity index (χ2n) is 8.41. The molecule has 1 N–H and O–H groups in total. The van der Waals surface area contributed by atoms with Crippen molar-refractivity contribution in [1.82, 2.24) is 5.16 Å². The van der Waals surface area contributed by atoms with Crippen LogP contribution in [0.25, 0.3) is 11.3 Å². The zero-order valence-electron chi connectivity index (χ0n) is 21.2. The van der Waals surface area contributed by atoms with Gasteiger partial charge in [0.05, 0.1) is 13.0 Å². The number of ether oxygens (including phenoxy) is 2. The van der Waals surface area contributed by atoms with Gasteiger partial charge in [0.25, 0.3) is 0 Å². The summed E-state index contributed by atoms with van der Waals surface area (Å²) in [6.07, 6.45) is -1.28. The van der Waals surface area contributed by atoms with Crippen LogP contribution in [0.4, 0.5) is 14.9 Å². The van der Waals surface area contributed by atoms with Gasteiger partial charge in [-0.05, 0) is 56.7 Å². The van der Waals surface area contributed by atoms with E-state index in [0.29, 0.717) is 23.7 Å². The average molecular weight is 535 g/mol. The van der Waals surface area contributed by atoms with Crippen LogP contribution in [0, 0.1) is 12.7 Å². The number of carbonyl (C=O) groups excluding carboxylic acids is 2. The molecule has 1 atom stereocenters. The molecular weight excluding hydrogens is 507 g/mol. The highest BCUT2D eigenvalue weighted by atomic mass is 32.2. The Morgan fingerprint density at radius 3 is 2.34 bits per heavy atom. The van der Waals surface area contributed by atoms with Gasteiger partial charge in [-0.15, -0.1) is 0 Å². The lowest BCUT2D eigenvalue weighted by atomic mass is 10.1. The fourth-order valence-electron chi connectivity index (χ4n) is 3.75. The van der Waals surface area contributed by atoms with Crippen molar-refractivity contribution in [3.8, 4) is 11.3 Å². The molecule has 1 unspecified atom stereocenters. The topological polar surface area (TPSA) is 90.7 Å². The first kappa shape index (κ1) is 26.9. The molecule has 0 fully saturated rings. The zero-order valence-corrected chi connectivity index (χ0v) is 22.0. The van der Waals surface area contributed by atoms with Crippen LogP contribution < -0.4 is 5.32 Å². The number of hydrogen-bond donors (Lipinski definition) is 1. The summed E-state index contributed by atoms with van der Waals surface area (Å²) >= 11 is 1.57. The van der Waals surface area contributed by atoms with Gasteiger partial charge < -0.3 is 14.0 Å². The summed E-state index contributed by atoms with van der Waals surface area (Å²) in [7, 11) is 0. The number of esters is 1. The Balaban J connectivity index is 1.40. The number of halogens is 1. The predicted octanol–water partition coefficient (Wildman–Crippen LogP) is 7.36. The lowest BCUT2D eigenvalue weighted by Crippen LogP contribution is -2.17. The van der Waals surface area contributed by atoms with Crippen LogP contribution >= 0.6 is 11.8 Å². The van der Waals surface area contributed by atoms with E-state index in [1.54, 1.807) is 50.7 Å². The van der Waals surface area contributed by atoms with E-state index in [0.717, 1.165) is 20.9 Å². The molecule has 3 aromatic carbocycles. The summed E-state index contributed by atoms with van der Waals surface area (Å²) in [6, 6.07) is 21.5. The van der Waals surface area contributed by atoms with E-state index in [4.69, 9.17) is 14.0 Å². The number of aryl methyl sites for hydroxylation is 1. The Bertz CT molecular complexity index is 1400. The fraction of sp³-hybridized carbons (Fsp3) is 0.207. The molecule has 0 bridgehead atoms. The van der Waals surface area contributed by atoms with Crippen LogP contribution in [0.15, 0.2) is 87.1 Å². The van der Waals surface area contributed by atoms with Crippen molar-refractivity contribution in [2.45, 2.75) is 43.1 Å². The van der Waals surface area contributed by atoms with Gasteiger partial charge in [-0.1, -0.05) is 59.4 Å². The average Bonchev–Trinajstić information content (AvgIpc) is 3.25. The maximum absolute atomic E-state index is 14.0. The van der Waals surface area contributed by atoms with Crippen LogP contribution in [0.2, 0.25) is 0 Å². The molecule has 0 aliphatic heterocycles. The van der Waals surface area contributed by atoms with Crippen molar-refractivity contribution in [2.75, 3.05) is 11.9 Å². The van der Waals surface area contributed by atoms with Crippen molar-refractivity contribution in [2.24, 2.45) is 0 Å². The minimum absolute atomic E-state index is 0.242. The molecule has 38 heavy (non-hydrogen) atoms. The standard InChI is InChI=1S/C29H27FN2O5S/c1-4-35-26(33)17-20-9-13-22(14-10-20)38-23-15-11-21(12-16-23)28-27(19(3)37-32-28)31-29(34)36-18(2)24-7-5-6-8-25(24)30/h5-16,18H,4,17H2,1-3H3,(H,31,34). The summed E-state index contributed by atoms with van der Waals surface area (Å²) in [4.78, 5) is 26.2. The van der Waals surface area contributed by atoms with Gasteiger partial charge in [0, 0.05) is 20.9 Å². The number of carbonyl (C=O) groups is 2. The second-order valence-corrected chi connectivity index (χ2v) is 9.56. The third-order valence-electron chi connectivity index (χ3n) is 5.66. The highest BCUT2D eigenvalue weighted by Crippen LogP contribution is 2.34. The van der Waals surface area contributed by atoms with Crippen LogP contribution in [0.5, 0.6) is 0 Å². The highest BCUT2D eigenvalue weighted by molar-refractivity contribution is 7.99. The molecule has 196 valence electrons. The van der Waals surface area contributed by atoms with Crippen LogP contribution in [0.1, 0.15) is 36.8 Å². The Labute approximate surface area is 224 Å². The van der Waals surface area contributed by atoms with E-state index in [-0.39, 0.29) is 18.0 Å². The third kappa shape index (κ3) is 6.80. The zero-order chi connectivity index (χ0) is 27.1. The van der Waals surface area contributed by atoms with E-state index < -0.39 is 18.0 Å². The monoisotopic (exact) mass is 534 g/mol. The van der Waals surface area contributed by atoms with Gasteiger partial charge in [0.15, 0.2) is 5.76 Å². The first-order valence-electron chi connectivity index (χ1n) is 12.0. The Hall–Kier alpha value is -4.11. The second kappa shape index (κ2) is 12.4. The number of amides is 1. The molecule has 0 aliphatic rings. The Morgan fingerprint density at radius 2 is 1.68 bits per heavy atom. The number of benzene rings is 3. The molecular formula is C29H27FN2O5S. The van der Waals surface area contributed by atoms with E-state index in [9.17, 15) is 14.0 Å². The normalized spacial score (nSPS) is 11.6. The molecule has 0 saturated heterocycles. The number of aromatic nitrogens is 1. The smallest absolute Gasteiger partial charge is 0.412 e. The summed E-state index contributed by atoms with van der Waals surface area (Å²) in [5.74, 6) is -0.273. The van der Waals surface area contributed by atoms with Crippen molar-refractivity contribution >= 4 is 29.5 Å². The lowest BCUT2D eigenvalue weighted by Gasteiger charge is -2.15. The van der Waals surface area contributed by atoms with E-state index >= 15 is 0 Å². The molecule has 1 aromatic heterocycles. The molecule has 4 rings (SSSR count). The van der Waals surface area contributed by atoms with Gasteiger partial charge in [-0.25, -0.2) is 9.18 Å². The molecule has 7 nitrogen and oxygen atoms in total. The maximum Gasteiger partial charge on any atom is 0.412 e. The minimum atomic E-state index is -0.782. The van der Waals surface area contributed by atoms with Crippen molar-refractivity contribution in [3.63, 3.8) is 0 Å². The quantitative estimate of drug-likeness (QED) is 0.224. The molecule has 0 saturated carbocycles. The number of nitrogens with one attached hydrogen (secondary N) is 1. The predicted molar refractivity (Wildman–Crippen MR) is 142 cm³/mol. The fourth-order valence-corrected chi connectivity index (χ4v) is 4.56. The summed E-state index contributed by atoms with van der Waals surface area (Å²) in [5.41, 5.74) is 2.76. The summed E-state index contributed by atoms with van der Waals surface area (Å²) < 4.78 is 29.7. The first-order valence-corrected chi connectivity index (χ1v) is 12.9. The van der Waals surface area contributed by atoms with Crippen LogP contribution in [0.3, 0.4) is 0 Å². The molecule has 0 aliphatic carbocycles. The van der Waals surface area contributed by atoms with Crippen molar-refractivity contribution in [1.29, 1.82) is 0 Å². The number of anilines is 1. The van der Waals surface area contributed by atoms with E-state index in [1.807, 2.05) is 48.5 Å². The molecule has 0 radical (unpaired) electrons. The summed E-state index contributed by atoms with van der Waals surface area (Å²) in [6.45, 7) is 5.44. The van der Waals surface area contributed by atoms with Crippen LogP contribution in [-0.2, 0) is 20.7 Å². The molecule has 0 spiro atoms. The Kier molecular flexibility index (Phi) is 8.81. The highest BCUT2D eigenvalue weighted by Gasteiger charge is 2.21. The van der Waals surface area contributed by atoms with E-state index in [2.05, 4.69) is 10.5 Å². The minimum Gasteiger partial charge on any atom is -0.466 e. The third-order valence-corrected chi connectivity index (χ3v) is 6.67. The van der Waals surface area contributed by atoms with E-state index in [1.165, 1.54) is 6.07 Å². The van der Waals surface area contributed by atoms with Crippen molar-refractivity contribution in [3.05, 3.63) is 95.5 Å². The molecule has 4 aromatic rings. The SMILES string of the molecule is CCOC(=O)Cc1ccc(Sc2ccc(-c3noc(C)c3NC(=O)OC(C)c3ccccc3F)cc2)cc1. The maximum atomic E-state index is 14.0. The van der Waals surface area contributed by atoms with Gasteiger partial charge >= 0.3 is 12.1 Å². The Morgan fingerprint density at radius 1 is 1.03 bits per heavy atom. The molecule has 1 heterocycles. The van der Waals surface area contributed by atoms with Gasteiger partial charge in [0.1, 0.15) is 23.3 Å². The molecule has 1 amide bonds. The molecule has 9 heteroatoms. The van der Waals surface area contributed by atoms with Crippen LogP contribution in [-0.4, -0.2) is 23.8 Å². The van der Waals surface area contributed by atoms with Gasteiger partial charge in [-0.3, -0.25) is 10.1 Å². The number of hydrogen-bond acceptors (Lipinski definition) is 7. The largest absolute Gasteiger partial charge is 0.466 e. The number of rotatable bonds is 9.